The van der Waals surface area contributed by atoms with Crippen LogP contribution < -0.4 is 0 Å². The first-order valence-corrected chi connectivity index (χ1v) is 6.83. The lowest BCUT2D eigenvalue weighted by Crippen LogP contribution is -2.06. The van der Waals surface area contributed by atoms with Gasteiger partial charge in [-0.25, -0.2) is 9.97 Å². The van der Waals surface area contributed by atoms with E-state index in [9.17, 15) is 4.79 Å². The molecule has 0 amide bonds. The van der Waals surface area contributed by atoms with E-state index in [4.69, 9.17) is 5.11 Å². The van der Waals surface area contributed by atoms with Gasteiger partial charge in [-0.15, -0.1) is 6.58 Å². The van der Waals surface area contributed by atoms with E-state index in [-0.39, 0.29) is 11.8 Å². The molecule has 0 aliphatic carbocycles. The van der Waals surface area contributed by atoms with Gasteiger partial charge in [0.15, 0.2) is 10.8 Å². The summed E-state index contributed by atoms with van der Waals surface area (Å²) in [6.45, 7) is 7.70. The fourth-order valence-electron chi connectivity index (χ4n) is 1.76. The summed E-state index contributed by atoms with van der Waals surface area (Å²) in [7, 11) is 0. The number of allylic oxidation sites excluding steroid dienone is 1. The fraction of sp³-hybridized carbons (Fsp3) is 0.308. The van der Waals surface area contributed by atoms with Crippen LogP contribution in [0.25, 0.3) is 11.2 Å². The summed E-state index contributed by atoms with van der Waals surface area (Å²) in [6, 6.07) is 1.95. The second-order valence-corrected chi connectivity index (χ2v) is 5.22. The average molecular weight is 277 g/mol. The van der Waals surface area contributed by atoms with Crippen LogP contribution in [0.4, 0.5) is 0 Å². The number of aryl methyl sites for hydroxylation is 1. The smallest absolute Gasteiger partial charge is 0.313 e. The molecule has 1 atom stereocenters. The Bertz CT molecular complexity index is 636. The third kappa shape index (κ3) is 2.78. The van der Waals surface area contributed by atoms with Gasteiger partial charge in [-0.1, -0.05) is 17.8 Å². The lowest BCUT2D eigenvalue weighted by atomic mass is 10.3. The van der Waals surface area contributed by atoms with Gasteiger partial charge in [0.1, 0.15) is 5.52 Å². The van der Waals surface area contributed by atoms with Gasteiger partial charge in [0.05, 0.1) is 11.8 Å². The molecule has 0 aliphatic heterocycles. The predicted octanol–water partition coefficient (Wildman–Crippen LogP) is 2.66. The number of pyridine rings is 1. The minimum atomic E-state index is -0.862. The van der Waals surface area contributed by atoms with E-state index in [1.54, 1.807) is 12.3 Å². The molecule has 0 fully saturated rings. The highest BCUT2D eigenvalue weighted by Gasteiger charge is 2.16. The number of aliphatic carboxylic acids is 1. The van der Waals surface area contributed by atoms with E-state index >= 15 is 0 Å². The van der Waals surface area contributed by atoms with Crippen LogP contribution in [0.3, 0.4) is 0 Å². The SMILES string of the molecule is C=CC(C)n1c(SCC(=O)O)nc2cc(C)cnc21. The monoisotopic (exact) mass is 277 g/mol. The molecule has 100 valence electrons. The van der Waals surface area contributed by atoms with Crippen LogP contribution in [-0.4, -0.2) is 31.4 Å². The largest absolute Gasteiger partial charge is 0.481 e. The van der Waals surface area contributed by atoms with Crippen molar-refractivity contribution in [2.75, 3.05) is 5.75 Å². The first-order chi connectivity index (χ1) is 9.02. The number of hydrogen-bond acceptors (Lipinski definition) is 4. The summed E-state index contributed by atoms with van der Waals surface area (Å²) in [5.74, 6) is -0.884. The van der Waals surface area contributed by atoms with Crippen molar-refractivity contribution in [3.05, 3.63) is 30.5 Å². The van der Waals surface area contributed by atoms with E-state index < -0.39 is 5.97 Å². The summed E-state index contributed by atoms with van der Waals surface area (Å²) in [6.07, 6.45) is 3.56. The molecule has 2 aromatic heterocycles. The van der Waals surface area contributed by atoms with Crippen molar-refractivity contribution in [2.45, 2.75) is 25.0 Å². The summed E-state index contributed by atoms with van der Waals surface area (Å²) < 4.78 is 1.91. The van der Waals surface area contributed by atoms with E-state index in [1.165, 1.54) is 11.8 Å². The van der Waals surface area contributed by atoms with Crippen LogP contribution in [0.1, 0.15) is 18.5 Å². The maximum absolute atomic E-state index is 10.7. The Morgan fingerprint density at radius 1 is 1.68 bits per heavy atom. The predicted molar refractivity (Wildman–Crippen MR) is 75.5 cm³/mol. The summed E-state index contributed by atoms with van der Waals surface area (Å²) in [4.78, 5) is 19.6. The lowest BCUT2D eigenvalue weighted by Gasteiger charge is -2.12. The molecule has 2 aromatic rings. The minimum absolute atomic E-state index is 0.0106. The second kappa shape index (κ2) is 5.44. The van der Waals surface area contributed by atoms with Crippen molar-refractivity contribution in [3.8, 4) is 0 Å². The Balaban J connectivity index is 2.53. The standard InChI is InChI=1S/C13H15N3O2S/c1-4-9(3)16-12-10(5-8(2)6-14-12)15-13(16)19-7-11(17)18/h4-6,9H,1,7H2,2-3H3,(H,17,18). The van der Waals surface area contributed by atoms with Crippen molar-refractivity contribution in [2.24, 2.45) is 0 Å². The molecule has 2 rings (SSSR count). The van der Waals surface area contributed by atoms with Crippen molar-refractivity contribution >= 4 is 28.9 Å². The zero-order valence-corrected chi connectivity index (χ0v) is 11.6. The third-order valence-electron chi connectivity index (χ3n) is 2.71. The molecule has 0 radical (unpaired) electrons. The maximum atomic E-state index is 10.7. The fourth-order valence-corrected chi connectivity index (χ4v) is 2.57. The highest BCUT2D eigenvalue weighted by Crippen LogP contribution is 2.27. The summed E-state index contributed by atoms with van der Waals surface area (Å²) in [5, 5.41) is 9.44. The molecular weight excluding hydrogens is 262 g/mol. The van der Waals surface area contributed by atoms with E-state index in [0.717, 1.165) is 16.7 Å². The van der Waals surface area contributed by atoms with Gasteiger partial charge in [0.2, 0.25) is 0 Å². The van der Waals surface area contributed by atoms with Crippen LogP contribution in [0.2, 0.25) is 0 Å². The third-order valence-corrected chi connectivity index (χ3v) is 3.64. The highest BCUT2D eigenvalue weighted by molar-refractivity contribution is 7.99. The van der Waals surface area contributed by atoms with Gasteiger partial charge in [-0.2, -0.15) is 0 Å². The zero-order valence-electron chi connectivity index (χ0n) is 10.8. The molecule has 0 saturated carbocycles. The molecular formula is C13H15N3O2S. The number of carboxylic acid groups (broad SMARTS) is 1. The van der Waals surface area contributed by atoms with E-state index in [1.807, 2.05) is 24.5 Å². The van der Waals surface area contributed by atoms with Crippen LogP contribution >= 0.6 is 11.8 Å². The summed E-state index contributed by atoms with van der Waals surface area (Å²) >= 11 is 1.19. The molecule has 0 spiro atoms. The van der Waals surface area contributed by atoms with Gasteiger partial charge < -0.3 is 5.11 Å². The highest BCUT2D eigenvalue weighted by atomic mass is 32.2. The van der Waals surface area contributed by atoms with Crippen LogP contribution in [0, 0.1) is 6.92 Å². The molecule has 1 unspecified atom stereocenters. The molecule has 6 heteroatoms. The number of thioether (sulfide) groups is 1. The minimum Gasteiger partial charge on any atom is -0.481 e. The number of fused-ring (bicyclic) bond motifs is 1. The van der Waals surface area contributed by atoms with Gasteiger partial charge in [0, 0.05) is 6.20 Å². The van der Waals surface area contributed by atoms with Gasteiger partial charge in [-0.3, -0.25) is 9.36 Å². The van der Waals surface area contributed by atoms with E-state index in [2.05, 4.69) is 16.5 Å². The topological polar surface area (TPSA) is 68.0 Å². The van der Waals surface area contributed by atoms with Gasteiger partial charge in [-0.05, 0) is 25.5 Å². The lowest BCUT2D eigenvalue weighted by molar-refractivity contribution is -0.133. The van der Waals surface area contributed by atoms with Gasteiger partial charge >= 0.3 is 5.97 Å². The van der Waals surface area contributed by atoms with Crippen LogP contribution in [0.15, 0.2) is 30.1 Å². The number of rotatable bonds is 5. The van der Waals surface area contributed by atoms with Crippen molar-refractivity contribution in [3.63, 3.8) is 0 Å². The average Bonchev–Trinajstić information content (AvgIpc) is 2.72. The normalized spacial score (nSPS) is 12.5. The number of aromatic nitrogens is 3. The molecule has 0 saturated heterocycles. The Morgan fingerprint density at radius 3 is 3.05 bits per heavy atom. The summed E-state index contributed by atoms with van der Waals surface area (Å²) in [5.41, 5.74) is 2.56. The maximum Gasteiger partial charge on any atom is 0.313 e. The first-order valence-electron chi connectivity index (χ1n) is 5.84. The number of carbonyl (C=O) groups is 1. The molecule has 0 bridgehead atoms. The molecule has 0 aromatic carbocycles. The van der Waals surface area contributed by atoms with Crippen molar-refractivity contribution in [1.82, 2.24) is 14.5 Å². The molecule has 2 heterocycles. The number of carboxylic acids is 1. The van der Waals surface area contributed by atoms with Crippen molar-refractivity contribution < 1.29 is 9.90 Å². The Kier molecular flexibility index (Phi) is 3.90. The van der Waals surface area contributed by atoms with E-state index in [0.29, 0.717) is 5.16 Å². The number of nitrogens with zero attached hydrogens (tertiary/aromatic N) is 3. The first kappa shape index (κ1) is 13.6. The molecule has 5 nitrogen and oxygen atoms in total. The Morgan fingerprint density at radius 2 is 2.42 bits per heavy atom. The molecule has 19 heavy (non-hydrogen) atoms. The quantitative estimate of drug-likeness (QED) is 0.672. The Labute approximate surface area is 115 Å². The van der Waals surface area contributed by atoms with Crippen molar-refractivity contribution in [1.29, 1.82) is 0 Å². The zero-order chi connectivity index (χ0) is 14.0. The molecule has 0 aliphatic rings. The Hall–Kier alpha value is -1.82. The van der Waals surface area contributed by atoms with Gasteiger partial charge in [0.25, 0.3) is 0 Å². The van der Waals surface area contributed by atoms with Crippen LogP contribution in [-0.2, 0) is 4.79 Å². The second-order valence-electron chi connectivity index (χ2n) is 4.28. The van der Waals surface area contributed by atoms with Crippen LogP contribution in [0.5, 0.6) is 0 Å². The number of imidazole rings is 1. The molecule has 1 N–H and O–H groups in total. The number of hydrogen-bond donors (Lipinski definition) is 1.